The molecule has 0 aromatic heterocycles. The third-order valence-electron chi connectivity index (χ3n) is 5.39. The molecule has 140 valence electrons. The summed E-state index contributed by atoms with van der Waals surface area (Å²) in [6.45, 7) is 1.10. The molecular formula is C20H25BrN2O3. The lowest BCUT2D eigenvalue weighted by molar-refractivity contribution is -0.130. The maximum atomic E-state index is 12.4. The fourth-order valence-corrected chi connectivity index (χ4v) is 4.27. The molecule has 0 atom stereocenters. The lowest BCUT2D eigenvalue weighted by atomic mass is 9.89. The van der Waals surface area contributed by atoms with Gasteiger partial charge >= 0.3 is 0 Å². The number of carbonyl (C=O) groups is 3. The van der Waals surface area contributed by atoms with Crippen molar-refractivity contribution >= 4 is 33.7 Å². The first kappa shape index (κ1) is 19.1. The summed E-state index contributed by atoms with van der Waals surface area (Å²) >= 11 is 3.33. The highest BCUT2D eigenvalue weighted by Crippen LogP contribution is 2.27. The highest BCUT2D eigenvalue weighted by Gasteiger charge is 2.35. The zero-order valence-electron chi connectivity index (χ0n) is 15.2. The first-order valence-electron chi connectivity index (χ1n) is 9.37. The van der Waals surface area contributed by atoms with Crippen molar-refractivity contribution in [1.82, 2.24) is 9.80 Å². The normalized spacial score (nSPS) is 17.5. The predicted molar refractivity (Wildman–Crippen MR) is 103 cm³/mol. The van der Waals surface area contributed by atoms with Gasteiger partial charge in [0.25, 0.3) is 11.8 Å². The van der Waals surface area contributed by atoms with E-state index in [1.807, 2.05) is 11.9 Å². The third kappa shape index (κ3) is 4.17. The molecule has 1 aromatic carbocycles. The Morgan fingerprint density at radius 2 is 1.85 bits per heavy atom. The van der Waals surface area contributed by atoms with E-state index >= 15 is 0 Å². The van der Waals surface area contributed by atoms with E-state index in [4.69, 9.17) is 0 Å². The summed E-state index contributed by atoms with van der Waals surface area (Å²) in [6, 6.07) is 5.11. The Kier molecular flexibility index (Phi) is 6.12. The first-order chi connectivity index (χ1) is 12.5. The average molecular weight is 421 g/mol. The molecule has 0 unspecified atom stereocenters. The quantitative estimate of drug-likeness (QED) is 0.656. The van der Waals surface area contributed by atoms with Crippen molar-refractivity contribution in [3.05, 3.63) is 33.8 Å². The molecule has 0 radical (unpaired) electrons. The summed E-state index contributed by atoms with van der Waals surface area (Å²) in [5.41, 5.74) is 0.879. The molecule has 1 aliphatic carbocycles. The van der Waals surface area contributed by atoms with Crippen LogP contribution in [0.3, 0.4) is 0 Å². The van der Waals surface area contributed by atoms with E-state index < -0.39 is 0 Å². The number of fused-ring (bicyclic) bond motifs is 1. The highest BCUT2D eigenvalue weighted by molar-refractivity contribution is 9.10. The van der Waals surface area contributed by atoms with Crippen LogP contribution in [0.1, 0.15) is 65.7 Å². The van der Waals surface area contributed by atoms with Crippen molar-refractivity contribution in [2.75, 3.05) is 20.1 Å². The van der Waals surface area contributed by atoms with Crippen LogP contribution in [0.25, 0.3) is 0 Å². The first-order valence-corrected chi connectivity index (χ1v) is 10.2. The topological polar surface area (TPSA) is 57.7 Å². The Morgan fingerprint density at radius 1 is 1.15 bits per heavy atom. The number of imide groups is 1. The van der Waals surface area contributed by atoms with Gasteiger partial charge in [-0.1, -0.05) is 35.2 Å². The van der Waals surface area contributed by atoms with Gasteiger partial charge in [-0.3, -0.25) is 19.3 Å². The van der Waals surface area contributed by atoms with Crippen LogP contribution in [0.5, 0.6) is 0 Å². The largest absolute Gasteiger partial charge is 0.345 e. The minimum atomic E-state index is -0.269. The Morgan fingerprint density at radius 3 is 2.58 bits per heavy atom. The summed E-state index contributed by atoms with van der Waals surface area (Å²) in [5, 5.41) is 0. The maximum absolute atomic E-state index is 12.4. The van der Waals surface area contributed by atoms with Gasteiger partial charge in [0, 0.05) is 31.0 Å². The van der Waals surface area contributed by atoms with Gasteiger partial charge in [-0.2, -0.15) is 0 Å². The van der Waals surface area contributed by atoms with Crippen LogP contribution in [0.2, 0.25) is 0 Å². The summed E-state index contributed by atoms with van der Waals surface area (Å²) in [4.78, 5) is 40.2. The molecule has 1 fully saturated rings. The lowest BCUT2D eigenvalue weighted by Gasteiger charge is -2.27. The van der Waals surface area contributed by atoms with E-state index in [0.29, 0.717) is 29.9 Å². The summed E-state index contributed by atoms with van der Waals surface area (Å²) in [5.74, 6) is 0.178. The van der Waals surface area contributed by atoms with Crippen molar-refractivity contribution in [3.8, 4) is 0 Å². The van der Waals surface area contributed by atoms with Crippen molar-refractivity contribution in [2.24, 2.45) is 5.92 Å². The molecule has 0 saturated heterocycles. The molecule has 2 aliphatic rings. The second-order valence-electron chi connectivity index (χ2n) is 7.33. The Bertz CT molecular complexity index is 713. The van der Waals surface area contributed by atoms with Gasteiger partial charge in [0.05, 0.1) is 11.1 Å². The third-order valence-corrected chi connectivity index (χ3v) is 5.88. The zero-order chi connectivity index (χ0) is 18.7. The molecule has 0 N–H and O–H groups in total. The van der Waals surface area contributed by atoms with E-state index in [1.54, 1.807) is 18.2 Å². The molecular weight excluding hydrogens is 396 g/mol. The van der Waals surface area contributed by atoms with E-state index in [2.05, 4.69) is 15.9 Å². The molecule has 3 amide bonds. The molecule has 1 aliphatic heterocycles. The van der Waals surface area contributed by atoms with Crippen LogP contribution in [-0.2, 0) is 4.79 Å². The number of nitrogens with zero attached hydrogens (tertiary/aromatic N) is 2. The minimum absolute atomic E-state index is 0.0925. The number of hydrogen-bond donors (Lipinski definition) is 0. The van der Waals surface area contributed by atoms with Crippen LogP contribution in [-0.4, -0.2) is 47.7 Å². The lowest BCUT2D eigenvalue weighted by Crippen LogP contribution is -2.34. The smallest absolute Gasteiger partial charge is 0.261 e. The SMILES string of the molecule is CN(CC1CCCCC1)C(=O)CCCN1C(=O)c2ccc(Br)cc2C1=O. The number of benzene rings is 1. The summed E-state index contributed by atoms with van der Waals surface area (Å²) in [7, 11) is 1.86. The van der Waals surface area contributed by atoms with Crippen molar-refractivity contribution in [3.63, 3.8) is 0 Å². The van der Waals surface area contributed by atoms with E-state index in [1.165, 1.54) is 37.0 Å². The van der Waals surface area contributed by atoms with Crippen LogP contribution in [0, 0.1) is 5.92 Å². The van der Waals surface area contributed by atoms with Crippen molar-refractivity contribution < 1.29 is 14.4 Å². The highest BCUT2D eigenvalue weighted by atomic mass is 79.9. The Labute approximate surface area is 162 Å². The molecule has 1 saturated carbocycles. The van der Waals surface area contributed by atoms with Gasteiger partial charge in [0.2, 0.25) is 5.91 Å². The van der Waals surface area contributed by atoms with Gasteiger partial charge < -0.3 is 4.90 Å². The molecule has 1 aromatic rings. The molecule has 6 heteroatoms. The fraction of sp³-hybridized carbons (Fsp3) is 0.550. The minimum Gasteiger partial charge on any atom is -0.345 e. The molecule has 5 nitrogen and oxygen atoms in total. The molecule has 3 rings (SSSR count). The molecule has 1 heterocycles. The second-order valence-corrected chi connectivity index (χ2v) is 8.25. The van der Waals surface area contributed by atoms with Gasteiger partial charge in [-0.15, -0.1) is 0 Å². The number of carbonyl (C=O) groups excluding carboxylic acids is 3. The molecule has 0 bridgehead atoms. The van der Waals surface area contributed by atoms with Gasteiger partial charge in [0.1, 0.15) is 0 Å². The average Bonchev–Trinajstić information content (AvgIpc) is 2.86. The molecule has 0 spiro atoms. The summed E-state index contributed by atoms with van der Waals surface area (Å²) in [6.07, 6.45) is 7.13. The van der Waals surface area contributed by atoms with E-state index in [9.17, 15) is 14.4 Å². The zero-order valence-corrected chi connectivity index (χ0v) is 16.8. The standard InChI is InChI=1S/C20H25BrN2O3/c1-22(13-14-6-3-2-4-7-14)18(24)8-5-11-23-19(25)16-10-9-15(21)12-17(16)20(23)26/h9-10,12,14H,2-8,11,13H2,1H3. The van der Waals surface area contributed by atoms with Gasteiger partial charge in [-0.25, -0.2) is 0 Å². The van der Waals surface area contributed by atoms with E-state index in [0.717, 1.165) is 11.0 Å². The second kappa shape index (κ2) is 8.33. The van der Waals surface area contributed by atoms with Gasteiger partial charge in [-0.05, 0) is 43.4 Å². The monoisotopic (exact) mass is 420 g/mol. The van der Waals surface area contributed by atoms with Crippen molar-refractivity contribution in [1.29, 1.82) is 0 Å². The Hall–Kier alpha value is -1.69. The summed E-state index contributed by atoms with van der Waals surface area (Å²) < 4.78 is 0.777. The van der Waals surface area contributed by atoms with Crippen LogP contribution >= 0.6 is 15.9 Å². The Balaban J connectivity index is 1.48. The van der Waals surface area contributed by atoms with Crippen LogP contribution < -0.4 is 0 Å². The number of amides is 3. The number of halogens is 1. The fourth-order valence-electron chi connectivity index (χ4n) is 3.90. The molecule has 26 heavy (non-hydrogen) atoms. The van der Waals surface area contributed by atoms with Gasteiger partial charge in [0.15, 0.2) is 0 Å². The number of hydrogen-bond acceptors (Lipinski definition) is 3. The predicted octanol–water partition coefficient (Wildman–Crippen LogP) is 3.86. The van der Waals surface area contributed by atoms with Crippen LogP contribution in [0.15, 0.2) is 22.7 Å². The van der Waals surface area contributed by atoms with E-state index in [-0.39, 0.29) is 24.3 Å². The number of rotatable bonds is 6. The van der Waals surface area contributed by atoms with Crippen LogP contribution in [0.4, 0.5) is 0 Å². The maximum Gasteiger partial charge on any atom is 0.261 e. The van der Waals surface area contributed by atoms with Crippen molar-refractivity contribution in [2.45, 2.75) is 44.9 Å².